The topological polar surface area (TPSA) is 78.7 Å². The second-order valence-corrected chi connectivity index (χ2v) is 7.09. The van der Waals surface area contributed by atoms with Crippen LogP contribution < -0.4 is 10.2 Å². The van der Waals surface area contributed by atoms with E-state index in [9.17, 15) is 32.5 Å². The fourth-order valence-corrected chi connectivity index (χ4v) is 3.35. The Kier molecular flexibility index (Phi) is 6.74. The fraction of sp³-hybridized carbons (Fsp3) is 0.350. The van der Waals surface area contributed by atoms with Crippen LogP contribution in [0.15, 0.2) is 42.5 Å². The van der Waals surface area contributed by atoms with Crippen LogP contribution in [0.3, 0.4) is 0 Å². The van der Waals surface area contributed by atoms with Gasteiger partial charge < -0.3 is 10.2 Å². The van der Waals surface area contributed by atoms with E-state index in [-0.39, 0.29) is 24.7 Å². The van der Waals surface area contributed by atoms with E-state index < -0.39 is 28.2 Å². The van der Waals surface area contributed by atoms with E-state index in [1.807, 2.05) is 4.90 Å². The minimum absolute atomic E-state index is 0.0588. The average Bonchev–Trinajstić information content (AvgIpc) is 2.72. The SMILES string of the molecule is O=C(CN1CCN(c2ccc(C(F)(F)F)cc2[N+](=O)[O-])CC1)NCc1ccccc1F. The zero-order valence-corrected chi connectivity index (χ0v) is 16.4. The molecule has 0 aromatic heterocycles. The molecule has 7 nitrogen and oxygen atoms in total. The summed E-state index contributed by atoms with van der Waals surface area (Å²) in [7, 11) is 0. The first-order valence-electron chi connectivity index (χ1n) is 9.48. The summed E-state index contributed by atoms with van der Waals surface area (Å²) >= 11 is 0. The number of nitrogens with zero attached hydrogens (tertiary/aromatic N) is 3. The number of benzene rings is 2. The van der Waals surface area contributed by atoms with Gasteiger partial charge in [0.1, 0.15) is 11.5 Å². The highest BCUT2D eigenvalue weighted by atomic mass is 19.4. The molecule has 0 bridgehead atoms. The highest BCUT2D eigenvalue weighted by Crippen LogP contribution is 2.36. The van der Waals surface area contributed by atoms with Gasteiger partial charge in [0, 0.05) is 44.4 Å². The molecule has 1 saturated heterocycles. The number of rotatable bonds is 6. The number of amides is 1. The van der Waals surface area contributed by atoms with Crippen LogP contribution in [0.1, 0.15) is 11.1 Å². The molecule has 1 aliphatic heterocycles. The van der Waals surface area contributed by atoms with Gasteiger partial charge >= 0.3 is 6.18 Å². The summed E-state index contributed by atoms with van der Waals surface area (Å²) in [5.74, 6) is -0.702. The van der Waals surface area contributed by atoms with Crippen LogP contribution in [0.5, 0.6) is 0 Å². The van der Waals surface area contributed by atoms with Crippen LogP contribution in [-0.4, -0.2) is 48.5 Å². The Morgan fingerprint density at radius 1 is 1.10 bits per heavy atom. The van der Waals surface area contributed by atoms with E-state index in [0.717, 1.165) is 12.1 Å². The lowest BCUT2D eigenvalue weighted by molar-refractivity contribution is -0.384. The summed E-state index contributed by atoms with van der Waals surface area (Å²) < 4.78 is 52.2. The Balaban J connectivity index is 1.56. The van der Waals surface area contributed by atoms with Crippen LogP contribution in [0.2, 0.25) is 0 Å². The fourth-order valence-electron chi connectivity index (χ4n) is 3.35. The second kappa shape index (κ2) is 9.29. The Morgan fingerprint density at radius 3 is 2.39 bits per heavy atom. The first-order chi connectivity index (χ1) is 14.6. The number of nitro groups is 1. The van der Waals surface area contributed by atoms with E-state index in [1.54, 1.807) is 23.1 Å². The van der Waals surface area contributed by atoms with E-state index in [2.05, 4.69) is 5.32 Å². The number of halogens is 4. The second-order valence-electron chi connectivity index (χ2n) is 7.09. The number of carbonyl (C=O) groups excluding carboxylic acids is 1. The minimum atomic E-state index is -4.67. The van der Waals surface area contributed by atoms with Gasteiger partial charge in [0.25, 0.3) is 5.69 Å². The largest absolute Gasteiger partial charge is 0.416 e. The number of nitro benzene ring substituents is 1. The van der Waals surface area contributed by atoms with Crippen molar-refractivity contribution in [3.8, 4) is 0 Å². The lowest BCUT2D eigenvalue weighted by atomic mass is 10.1. The van der Waals surface area contributed by atoms with Crippen molar-refractivity contribution in [2.75, 3.05) is 37.6 Å². The quantitative estimate of drug-likeness (QED) is 0.424. The molecule has 166 valence electrons. The molecule has 0 atom stereocenters. The van der Waals surface area contributed by atoms with Crippen LogP contribution in [0.4, 0.5) is 28.9 Å². The predicted octanol–water partition coefficient (Wildman–Crippen LogP) is 3.19. The van der Waals surface area contributed by atoms with Crippen molar-refractivity contribution < 1.29 is 27.3 Å². The lowest BCUT2D eigenvalue weighted by Gasteiger charge is -2.35. The number of alkyl halides is 3. The Bertz CT molecular complexity index is 960. The third-order valence-electron chi connectivity index (χ3n) is 5.01. The van der Waals surface area contributed by atoms with Gasteiger partial charge in [0.05, 0.1) is 17.0 Å². The summed E-state index contributed by atoms with van der Waals surface area (Å²) in [5.41, 5.74) is -1.20. The summed E-state index contributed by atoms with van der Waals surface area (Å²) in [4.78, 5) is 26.1. The summed E-state index contributed by atoms with van der Waals surface area (Å²) in [6.07, 6.45) is -4.67. The summed E-state index contributed by atoms with van der Waals surface area (Å²) in [5, 5.41) is 13.9. The van der Waals surface area contributed by atoms with E-state index >= 15 is 0 Å². The van der Waals surface area contributed by atoms with Gasteiger partial charge in [-0.1, -0.05) is 18.2 Å². The molecule has 0 unspecified atom stereocenters. The van der Waals surface area contributed by atoms with E-state index in [4.69, 9.17) is 0 Å². The molecule has 2 aromatic rings. The molecule has 1 aliphatic rings. The van der Waals surface area contributed by atoms with Crippen molar-refractivity contribution in [3.63, 3.8) is 0 Å². The number of nitrogens with one attached hydrogen (secondary N) is 1. The average molecular weight is 440 g/mol. The number of piperazine rings is 1. The molecule has 0 radical (unpaired) electrons. The molecule has 2 aromatic carbocycles. The van der Waals surface area contributed by atoms with Crippen LogP contribution in [-0.2, 0) is 17.5 Å². The first kappa shape index (κ1) is 22.5. The van der Waals surface area contributed by atoms with Crippen molar-refractivity contribution in [1.82, 2.24) is 10.2 Å². The summed E-state index contributed by atoms with van der Waals surface area (Å²) in [6.45, 7) is 1.54. The van der Waals surface area contributed by atoms with E-state index in [1.165, 1.54) is 6.07 Å². The normalized spacial score (nSPS) is 15.0. The molecule has 1 heterocycles. The molecule has 1 N–H and O–H groups in total. The molecule has 0 aliphatic carbocycles. The Morgan fingerprint density at radius 2 is 1.77 bits per heavy atom. The predicted molar refractivity (Wildman–Crippen MR) is 105 cm³/mol. The Labute approximate surface area is 175 Å². The van der Waals surface area contributed by atoms with Crippen molar-refractivity contribution in [3.05, 3.63) is 69.5 Å². The maximum absolute atomic E-state index is 13.6. The highest BCUT2D eigenvalue weighted by Gasteiger charge is 2.34. The summed E-state index contributed by atoms with van der Waals surface area (Å²) in [6, 6.07) is 8.58. The van der Waals surface area contributed by atoms with Gasteiger partial charge in [-0.25, -0.2) is 4.39 Å². The monoisotopic (exact) mass is 440 g/mol. The van der Waals surface area contributed by atoms with Gasteiger partial charge in [-0.2, -0.15) is 13.2 Å². The number of carbonyl (C=O) groups is 1. The van der Waals surface area contributed by atoms with Gasteiger partial charge in [-0.15, -0.1) is 0 Å². The zero-order chi connectivity index (χ0) is 22.6. The molecule has 1 fully saturated rings. The zero-order valence-electron chi connectivity index (χ0n) is 16.4. The van der Waals surface area contributed by atoms with Gasteiger partial charge in [0.15, 0.2) is 0 Å². The first-order valence-corrected chi connectivity index (χ1v) is 9.48. The van der Waals surface area contributed by atoms with Crippen molar-refractivity contribution >= 4 is 17.3 Å². The number of anilines is 1. The van der Waals surface area contributed by atoms with Gasteiger partial charge in [0.2, 0.25) is 5.91 Å². The minimum Gasteiger partial charge on any atom is -0.363 e. The standard InChI is InChI=1S/C20H20F4N4O3/c21-16-4-2-1-3-14(16)12-25-19(29)13-26-7-9-27(10-8-26)17-6-5-15(20(22,23)24)11-18(17)28(30)31/h1-6,11H,7-10,12-13H2,(H,25,29). The third kappa shape index (κ3) is 5.69. The van der Waals surface area contributed by atoms with Gasteiger partial charge in [-0.05, 0) is 18.2 Å². The molecule has 0 saturated carbocycles. The van der Waals surface area contributed by atoms with Crippen LogP contribution >= 0.6 is 0 Å². The molecular weight excluding hydrogens is 420 g/mol. The number of hydrogen-bond acceptors (Lipinski definition) is 5. The number of hydrogen-bond donors (Lipinski definition) is 1. The maximum Gasteiger partial charge on any atom is 0.416 e. The van der Waals surface area contributed by atoms with Gasteiger partial charge in [-0.3, -0.25) is 19.8 Å². The Hall–Kier alpha value is -3.21. The lowest BCUT2D eigenvalue weighted by Crippen LogP contribution is -2.49. The molecule has 1 amide bonds. The molecule has 11 heteroatoms. The third-order valence-corrected chi connectivity index (χ3v) is 5.01. The van der Waals surface area contributed by atoms with Crippen LogP contribution in [0, 0.1) is 15.9 Å². The molecule has 3 rings (SSSR count). The molecular formula is C20H20F4N4O3. The van der Waals surface area contributed by atoms with Crippen molar-refractivity contribution in [1.29, 1.82) is 0 Å². The maximum atomic E-state index is 13.6. The molecule has 0 spiro atoms. The van der Waals surface area contributed by atoms with Crippen molar-refractivity contribution in [2.24, 2.45) is 0 Å². The molecule has 31 heavy (non-hydrogen) atoms. The highest BCUT2D eigenvalue weighted by molar-refractivity contribution is 5.78. The van der Waals surface area contributed by atoms with Crippen LogP contribution in [0.25, 0.3) is 0 Å². The van der Waals surface area contributed by atoms with E-state index in [0.29, 0.717) is 37.8 Å². The van der Waals surface area contributed by atoms with Crippen molar-refractivity contribution in [2.45, 2.75) is 12.7 Å². The smallest absolute Gasteiger partial charge is 0.363 e.